The molecule has 0 unspecified atom stereocenters. The van der Waals surface area contributed by atoms with Gasteiger partial charge in [-0.2, -0.15) is 5.26 Å². The third kappa shape index (κ3) is 5.88. The van der Waals surface area contributed by atoms with E-state index in [1.54, 1.807) is 71.6 Å². The fourth-order valence-electron chi connectivity index (χ4n) is 3.15. The van der Waals surface area contributed by atoms with E-state index in [1.807, 2.05) is 6.92 Å². The molecule has 0 saturated heterocycles. The number of aromatic hydroxyl groups is 1. The molecule has 7 heteroatoms. The van der Waals surface area contributed by atoms with Gasteiger partial charge < -0.3 is 15.3 Å². The van der Waals surface area contributed by atoms with Gasteiger partial charge in [0.1, 0.15) is 11.4 Å². The average Bonchev–Trinajstić information content (AvgIpc) is 2.86. The van der Waals surface area contributed by atoms with Crippen molar-refractivity contribution in [2.24, 2.45) is 0 Å². The Balaban J connectivity index is 2.07. The Morgan fingerprint density at radius 2 is 1.61 bits per heavy atom. The number of benzene rings is 3. The normalized spacial score (nSPS) is 11.2. The first-order chi connectivity index (χ1) is 15.9. The van der Waals surface area contributed by atoms with Crippen molar-refractivity contribution in [1.82, 2.24) is 5.32 Å². The lowest BCUT2D eigenvalue weighted by molar-refractivity contribution is -0.115. The number of rotatable bonds is 7. The molecule has 0 saturated carbocycles. The maximum Gasteiger partial charge on any atom is 0.275 e. The third-order valence-electron chi connectivity index (χ3n) is 4.83. The molecule has 3 aromatic rings. The van der Waals surface area contributed by atoms with Crippen molar-refractivity contribution in [2.75, 3.05) is 11.4 Å². The first-order valence-corrected chi connectivity index (χ1v) is 11.1. The molecule has 0 aliphatic heterocycles. The predicted octanol–water partition coefficient (Wildman–Crippen LogP) is 5.20. The van der Waals surface area contributed by atoms with Gasteiger partial charge in [-0.1, -0.05) is 37.3 Å². The van der Waals surface area contributed by atoms with E-state index >= 15 is 0 Å². The topological polar surface area (TPSA) is 93.4 Å². The van der Waals surface area contributed by atoms with Crippen LogP contribution in [0.5, 0.6) is 5.75 Å². The molecular weight excluding hydrogens is 482 g/mol. The maximum absolute atomic E-state index is 13.7. The Morgan fingerprint density at radius 3 is 2.18 bits per heavy atom. The second kappa shape index (κ2) is 11.1. The molecule has 0 spiro atoms. The van der Waals surface area contributed by atoms with Crippen molar-refractivity contribution in [1.29, 1.82) is 5.26 Å². The highest BCUT2D eigenvalue weighted by Gasteiger charge is 2.25. The highest BCUT2D eigenvalue weighted by atomic mass is 79.9. The van der Waals surface area contributed by atoms with Crippen LogP contribution in [0.15, 0.2) is 84.6 Å². The number of anilines is 1. The van der Waals surface area contributed by atoms with Crippen LogP contribution in [-0.4, -0.2) is 23.5 Å². The summed E-state index contributed by atoms with van der Waals surface area (Å²) >= 11 is 3.50. The molecule has 2 N–H and O–H groups in total. The van der Waals surface area contributed by atoms with Crippen LogP contribution in [0.2, 0.25) is 0 Å². The van der Waals surface area contributed by atoms with Gasteiger partial charge >= 0.3 is 0 Å². The largest absolute Gasteiger partial charge is 0.508 e. The number of phenols is 1. The number of hydrogen-bond acceptors (Lipinski definition) is 4. The minimum absolute atomic E-state index is 0.0649. The molecule has 0 radical (unpaired) electrons. The zero-order valence-corrected chi connectivity index (χ0v) is 19.5. The molecule has 0 aromatic heterocycles. The lowest BCUT2D eigenvalue weighted by atomic mass is 10.1. The van der Waals surface area contributed by atoms with Crippen molar-refractivity contribution >= 4 is 37.9 Å². The van der Waals surface area contributed by atoms with Gasteiger partial charge in [0, 0.05) is 17.8 Å². The lowest BCUT2D eigenvalue weighted by Gasteiger charge is -2.25. The molecule has 0 atom stereocenters. The molecule has 2 amide bonds. The summed E-state index contributed by atoms with van der Waals surface area (Å²) in [5, 5.41) is 21.5. The number of carbonyl (C=O) groups excluding carboxylic acids is 2. The average molecular weight is 504 g/mol. The summed E-state index contributed by atoms with van der Waals surface area (Å²) < 4.78 is 0.390. The first kappa shape index (κ1) is 23.8. The molecule has 0 fully saturated rings. The molecule has 33 heavy (non-hydrogen) atoms. The summed E-state index contributed by atoms with van der Waals surface area (Å²) in [6.45, 7) is 2.35. The standard InChI is InChI=1S/C26H22BrN3O3/c1-2-16-30(21-12-14-22(31)15-13-21)26(33)24(29-25(32)20-6-4-3-5-7-20)23(27)19-10-8-18(17-28)9-11-19/h3-15,31H,2,16H2,1H3,(H,29,32)/b24-23+. The van der Waals surface area contributed by atoms with Crippen molar-refractivity contribution in [3.05, 3.63) is 101 Å². The van der Waals surface area contributed by atoms with E-state index in [0.29, 0.717) is 39.8 Å². The summed E-state index contributed by atoms with van der Waals surface area (Å²) in [6.07, 6.45) is 0.682. The number of phenolic OH excluding ortho intramolecular Hbond substituents is 1. The molecule has 0 aliphatic rings. The fraction of sp³-hybridized carbons (Fsp3) is 0.115. The Hall–Kier alpha value is -3.89. The summed E-state index contributed by atoms with van der Waals surface area (Å²) in [7, 11) is 0. The van der Waals surface area contributed by atoms with Crippen molar-refractivity contribution in [3.63, 3.8) is 0 Å². The van der Waals surface area contributed by atoms with Crippen LogP contribution >= 0.6 is 15.9 Å². The van der Waals surface area contributed by atoms with Gasteiger partial charge in [-0.05, 0) is 76.4 Å². The Kier molecular flexibility index (Phi) is 8.01. The van der Waals surface area contributed by atoms with E-state index in [2.05, 4.69) is 27.3 Å². The van der Waals surface area contributed by atoms with Gasteiger partial charge in [0.2, 0.25) is 0 Å². The second-order valence-electron chi connectivity index (χ2n) is 7.17. The monoisotopic (exact) mass is 503 g/mol. The minimum atomic E-state index is -0.424. The Labute approximate surface area is 200 Å². The van der Waals surface area contributed by atoms with E-state index in [-0.39, 0.29) is 11.4 Å². The van der Waals surface area contributed by atoms with Gasteiger partial charge in [-0.25, -0.2) is 0 Å². The zero-order valence-electron chi connectivity index (χ0n) is 18.0. The predicted molar refractivity (Wildman–Crippen MR) is 132 cm³/mol. The molecule has 0 bridgehead atoms. The number of amides is 2. The van der Waals surface area contributed by atoms with Crippen LogP contribution in [-0.2, 0) is 4.79 Å². The fourth-order valence-corrected chi connectivity index (χ4v) is 3.68. The van der Waals surface area contributed by atoms with Crippen LogP contribution in [0, 0.1) is 11.3 Å². The first-order valence-electron chi connectivity index (χ1n) is 10.3. The van der Waals surface area contributed by atoms with Crippen molar-refractivity contribution < 1.29 is 14.7 Å². The number of halogens is 1. The number of nitrogens with one attached hydrogen (secondary N) is 1. The maximum atomic E-state index is 13.7. The van der Waals surface area contributed by atoms with Gasteiger partial charge in [-0.15, -0.1) is 0 Å². The third-order valence-corrected chi connectivity index (χ3v) is 5.68. The van der Waals surface area contributed by atoms with Crippen molar-refractivity contribution in [2.45, 2.75) is 13.3 Å². The van der Waals surface area contributed by atoms with Gasteiger partial charge in [0.05, 0.1) is 16.1 Å². The minimum Gasteiger partial charge on any atom is -0.508 e. The quantitative estimate of drug-likeness (QED) is 0.433. The second-order valence-corrected chi connectivity index (χ2v) is 7.96. The lowest BCUT2D eigenvalue weighted by Crippen LogP contribution is -2.39. The molecule has 0 aliphatic carbocycles. The molecular formula is C26H22BrN3O3. The van der Waals surface area contributed by atoms with E-state index in [1.165, 1.54) is 12.1 Å². The van der Waals surface area contributed by atoms with Crippen molar-refractivity contribution in [3.8, 4) is 11.8 Å². The molecule has 0 heterocycles. The summed E-state index contributed by atoms with van der Waals surface area (Å²) in [5.74, 6) is -0.746. The summed E-state index contributed by atoms with van der Waals surface area (Å²) in [5.41, 5.74) is 2.18. The number of nitriles is 1. The van der Waals surface area contributed by atoms with Crippen LogP contribution < -0.4 is 10.2 Å². The SMILES string of the molecule is CCCN(C(=O)/C(NC(=O)c1ccccc1)=C(\Br)c1ccc(C#N)cc1)c1ccc(O)cc1. The molecule has 6 nitrogen and oxygen atoms in total. The molecule has 3 aromatic carbocycles. The smallest absolute Gasteiger partial charge is 0.275 e. The Bertz CT molecular complexity index is 1200. The van der Waals surface area contributed by atoms with Gasteiger partial charge in [-0.3, -0.25) is 9.59 Å². The van der Waals surface area contributed by atoms with E-state index < -0.39 is 11.8 Å². The van der Waals surface area contributed by atoms with Gasteiger partial charge in [0.25, 0.3) is 11.8 Å². The highest BCUT2D eigenvalue weighted by molar-refractivity contribution is 9.15. The molecule has 166 valence electrons. The van der Waals surface area contributed by atoms with Crippen LogP contribution in [0.4, 0.5) is 5.69 Å². The Morgan fingerprint density at radius 1 is 0.970 bits per heavy atom. The number of carbonyl (C=O) groups is 2. The highest BCUT2D eigenvalue weighted by Crippen LogP contribution is 2.28. The van der Waals surface area contributed by atoms with Crippen LogP contribution in [0.1, 0.15) is 34.8 Å². The zero-order chi connectivity index (χ0) is 23.8. The molecule has 3 rings (SSSR count). The summed E-state index contributed by atoms with van der Waals surface area (Å²) in [4.78, 5) is 28.2. The van der Waals surface area contributed by atoms with Crippen LogP contribution in [0.3, 0.4) is 0 Å². The summed E-state index contributed by atoms with van der Waals surface area (Å²) in [6, 6.07) is 23.7. The number of hydrogen-bond donors (Lipinski definition) is 2. The van der Waals surface area contributed by atoms with E-state index in [4.69, 9.17) is 5.26 Å². The van der Waals surface area contributed by atoms with Gasteiger partial charge in [0.15, 0.2) is 0 Å². The number of nitrogens with zero attached hydrogens (tertiary/aromatic N) is 2. The van der Waals surface area contributed by atoms with E-state index in [9.17, 15) is 14.7 Å². The van der Waals surface area contributed by atoms with Crippen LogP contribution in [0.25, 0.3) is 4.48 Å². The van der Waals surface area contributed by atoms with E-state index in [0.717, 1.165) is 0 Å².